The van der Waals surface area contributed by atoms with Crippen molar-refractivity contribution >= 4 is 5.91 Å². The first-order valence-corrected chi connectivity index (χ1v) is 5.13. The smallest absolute Gasteiger partial charge is 0.243 e. The largest absolute Gasteiger partial charge is 0.366 e. The molecule has 0 aromatic carbocycles. The van der Waals surface area contributed by atoms with Crippen LogP contribution >= 0.6 is 0 Å². The highest BCUT2D eigenvalue weighted by Crippen LogP contribution is 2.01. The Morgan fingerprint density at radius 3 is 1.93 bits per heavy atom. The molecule has 0 aliphatic heterocycles. The third-order valence-corrected chi connectivity index (χ3v) is 2.23. The first kappa shape index (κ1) is 16.6. The van der Waals surface area contributed by atoms with Crippen molar-refractivity contribution in [2.75, 3.05) is 14.1 Å². The van der Waals surface area contributed by atoms with Gasteiger partial charge in [0.2, 0.25) is 5.91 Å². The quantitative estimate of drug-likeness (QED) is 0.446. The SMILES string of the molecule is C=C(C)C(N)=O.CCCC(C)(O)[NH+](C)C. The van der Waals surface area contributed by atoms with Crippen molar-refractivity contribution in [2.45, 2.75) is 39.3 Å². The molecule has 4 nitrogen and oxygen atoms in total. The molecule has 0 bridgehead atoms. The number of quaternary nitrogens is 1. The van der Waals surface area contributed by atoms with Gasteiger partial charge < -0.3 is 15.7 Å². The molecule has 0 aliphatic rings. The minimum atomic E-state index is -0.533. The van der Waals surface area contributed by atoms with Crippen molar-refractivity contribution in [3.8, 4) is 0 Å². The normalized spacial score (nSPS) is 13.8. The molecule has 4 N–H and O–H groups in total. The van der Waals surface area contributed by atoms with Crippen molar-refractivity contribution < 1.29 is 14.8 Å². The average molecular weight is 217 g/mol. The van der Waals surface area contributed by atoms with E-state index in [9.17, 15) is 9.90 Å². The molecule has 0 radical (unpaired) electrons. The minimum Gasteiger partial charge on any atom is -0.366 e. The van der Waals surface area contributed by atoms with Gasteiger partial charge in [-0.1, -0.05) is 13.5 Å². The summed E-state index contributed by atoms with van der Waals surface area (Å²) in [4.78, 5) is 10.9. The molecular weight excluding hydrogens is 192 g/mol. The van der Waals surface area contributed by atoms with Crippen LogP contribution in [0.3, 0.4) is 0 Å². The van der Waals surface area contributed by atoms with Crippen LogP contribution in [0.25, 0.3) is 0 Å². The maximum absolute atomic E-state index is 9.82. The second kappa shape index (κ2) is 7.43. The van der Waals surface area contributed by atoms with E-state index < -0.39 is 11.6 Å². The number of hydrogen-bond donors (Lipinski definition) is 3. The van der Waals surface area contributed by atoms with Gasteiger partial charge in [-0.2, -0.15) is 0 Å². The van der Waals surface area contributed by atoms with Crippen LogP contribution in [0, 0.1) is 0 Å². The number of rotatable bonds is 4. The van der Waals surface area contributed by atoms with Crippen molar-refractivity contribution in [1.82, 2.24) is 0 Å². The molecular formula is C11H25N2O2+. The van der Waals surface area contributed by atoms with Crippen molar-refractivity contribution in [1.29, 1.82) is 0 Å². The Hall–Kier alpha value is -0.870. The Bertz CT molecular complexity index is 199. The van der Waals surface area contributed by atoms with Crippen LogP contribution in [0.5, 0.6) is 0 Å². The Labute approximate surface area is 92.8 Å². The molecule has 90 valence electrons. The van der Waals surface area contributed by atoms with Gasteiger partial charge in [0.05, 0.1) is 14.1 Å². The molecule has 0 fully saturated rings. The van der Waals surface area contributed by atoms with E-state index >= 15 is 0 Å². The van der Waals surface area contributed by atoms with Gasteiger partial charge in [0.25, 0.3) is 0 Å². The first-order chi connectivity index (χ1) is 6.65. The van der Waals surface area contributed by atoms with E-state index in [4.69, 9.17) is 5.73 Å². The molecule has 0 aliphatic carbocycles. The maximum Gasteiger partial charge on any atom is 0.243 e. The van der Waals surface area contributed by atoms with Gasteiger partial charge in [-0.15, -0.1) is 0 Å². The zero-order valence-electron chi connectivity index (χ0n) is 10.6. The van der Waals surface area contributed by atoms with Gasteiger partial charge in [-0.05, 0) is 13.3 Å². The molecule has 15 heavy (non-hydrogen) atoms. The highest BCUT2D eigenvalue weighted by Gasteiger charge is 2.25. The summed E-state index contributed by atoms with van der Waals surface area (Å²) in [5.74, 6) is -0.435. The van der Waals surface area contributed by atoms with E-state index in [1.54, 1.807) is 6.92 Å². The lowest BCUT2D eigenvalue weighted by Gasteiger charge is -2.26. The van der Waals surface area contributed by atoms with Gasteiger partial charge in [0.1, 0.15) is 0 Å². The fraction of sp³-hybridized carbons (Fsp3) is 0.727. The van der Waals surface area contributed by atoms with Crippen LogP contribution in [0.2, 0.25) is 0 Å². The summed E-state index contributed by atoms with van der Waals surface area (Å²) in [5, 5.41) is 9.55. The third-order valence-electron chi connectivity index (χ3n) is 2.23. The maximum atomic E-state index is 9.82. The number of hydrogen-bond acceptors (Lipinski definition) is 2. The van der Waals surface area contributed by atoms with Gasteiger partial charge in [0.15, 0.2) is 5.72 Å². The van der Waals surface area contributed by atoms with E-state index in [1.807, 2.05) is 21.0 Å². The molecule has 1 atom stereocenters. The molecule has 0 saturated carbocycles. The van der Waals surface area contributed by atoms with E-state index in [0.29, 0.717) is 5.57 Å². The number of carbonyl (C=O) groups is 1. The lowest BCUT2D eigenvalue weighted by Crippen LogP contribution is -3.14. The van der Waals surface area contributed by atoms with Gasteiger partial charge in [-0.3, -0.25) is 4.79 Å². The molecule has 0 saturated heterocycles. The highest BCUT2D eigenvalue weighted by molar-refractivity contribution is 5.90. The number of carbonyl (C=O) groups excluding carboxylic acids is 1. The lowest BCUT2D eigenvalue weighted by atomic mass is 10.1. The monoisotopic (exact) mass is 217 g/mol. The molecule has 1 amide bonds. The number of nitrogens with two attached hydrogens (primary N) is 1. The zero-order valence-corrected chi connectivity index (χ0v) is 10.6. The summed E-state index contributed by atoms with van der Waals surface area (Å²) in [7, 11) is 3.94. The van der Waals surface area contributed by atoms with Crippen molar-refractivity contribution in [3.05, 3.63) is 12.2 Å². The first-order valence-electron chi connectivity index (χ1n) is 5.13. The molecule has 1 unspecified atom stereocenters. The van der Waals surface area contributed by atoms with Crippen molar-refractivity contribution in [3.63, 3.8) is 0 Å². The van der Waals surface area contributed by atoms with E-state index in [2.05, 4.69) is 13.5 Å². The predicted molar refractivity (Wildman–Crippen MR) is 62.4 cm³/mol. The molecule has 0 heterocycles. The molecule has 0 aromatic rings. The zero-order chi connectivity index (χ0) is 12.6. The number of amides is 1. The van der Waals surface area contributed by atoms with Crippen LogP contribution in [0.1, 0.15) is 33.6 Å². The fourth-order valence-corrected chi connectivity index (χ4v) is 0.737. The standard InChI is InChI=1S/C7H17NO.C4H7NO/c1-5-6-7(2,9)8(3)4;1-3(2)4(5)6/h9H,5-6H2,1-4H3;1H2,2H3,(H2,5,6)/p+1. The topological polar surface area (TPSA) is 67.8 Å². The van der Waals surface area contributed by atoms with E-state index in [1.165, 1.54) is 0 Å². The van der Waals surface area contributed by atoms with Gasteiger partial charge in [-0.25, -0.2) is 0 Å². The Morgan fingerprint density at radius 2 is 1.87 bits per heavy atom. The van der Waals surface area contributed by atoms with Gasteiger partial charge in [0, 0.05) is 18.9 Å². The average Bonchev–Trinajstić information content (AvgIpc) is 2.04. The van der Waals surface area contributed by atoms with Crippen molar-refractivity contribution in [2.24, 2.45) is 5.73 Å². The number of aliphatic hydroxyl groups is 1. The molecule has 0 spiro atoms. The molecule has 0 rings (SSSR count). The van der Waals surface area contributed by atoms with Crippen LogP contribution in [0.4, 0.5) is 0 Å². The highest BCUT2D eigenvalue weighted by atomic mass is 16.3. The summed E-state index contributed by atoms with van der Waals surface area (Å²) < 4.78 is 0. The summed E-state index contributed by atoms with van der Waals surface area (Å²) in [6.07, 6.45) is 1.91. The number of nitrogens with one attached hydrogen (secondary N) is 1. The number of primary amides is 1. The van der Waals surface area contributed by atoms with Crippen LogP contribution < -0.4 is 10.6 Å². The Kier molecular flexibility index (Phi) is 8.20. The van der Waals surface area contributed by atoms with Crippen LogP contribution in [-0.4, -0.2) is 30.8 Å². The second-order valence-electron chi connectivity index (χ2n) is 4.17. The predicted octanol–water partition coefficient (Wildman–Crippen LogP) is -0.313. The second-order valence-corrected chi connectivity index (χ2v) is 4.17. The summed E-state index contributed by atoms with van der Waals surface area (Å²) in [6, 6.07) is 0. The van der Waals surface area contributed by atoms with Gasteiger partial charge >= 0.3 is 0 Å². The van der Waals surface area contributed by atoms with E-state index in [-0.39, 0.29) is 0 Å². The van der Waals surface area contributed by atoms with Crippen LogP contribution in [0.15, 0.2) is 12.2 Å². The molecule has 0 aromatic heterocycles. The Morgan fingerprint density at radius 1 is 1.53 bits per heavy atom. The molecule has 4 heteroatoms. The Balaban J connectivity index is 0. The lowest BCUT2D eigenvalue weighted by molar-refractivity contribution is -0.941. The summed E-state index contributed by atoms with van der Waals surface area (Å²) >= 11 is 0. The summed E-state index contributed by atoms with van der Waals surface area (Å²) in [5.41, 5.74) is 4.56. The minimum absolute atomic E-state index is 0.398. The fourth-order valence-electron chi connectivity index (χ4n) is 0.737. The third kappa shape index (κ3) is 9.43. The summed E-state index contributed by atoms with van der Waals surface area (Å²) in [6.45, 7) is 8.80. The van der Waals surface area contributed by atoms with Crippen LogP contribution in [-0.2, 0) is 4.79 Å². The van der Waals surface area contributed by atoms with E-state index in [0.717, 1.165) is 17.7 Å².